The number of hydrogen-bond acceptors (Lipinski definition) is 2. The highest BCUT2D eigenvalue weighted by Gasteiger charge is 2.13. The highest BCUT2D eigenvalue weighted by Crippen LogP contribution is 2.25. The van der Waals surface area contributed by atoms with Gasteiger partial charge in [-0.2, -0.15) is 0 Å². The van der Waals surface area contributed by atoms with Crippen LogP contribution < -0.4 is 0 Å². The molecule has 2 nitrogen and oxygen atoms in total. The zero-order valence-corrected chi connectivity index (χ0v) is 9.96. The lowest BCUT2D eigenvalue weighted by Gasteiger charge is -1.98. The molecule has 1 aromatic heterocycles. The molecular formula is C14H16O2. The molecule has 2 aromatic rings. The SMILES string of the molecule is CCCC(=O)c1cc2ccc(C)c(C)c2o1. The summed E-state index contributed by atoms with van der Waals surface area (Å²) in [6, 6.07) is 5.91. The maximum Gasteiger partial charge on any atom is 0.198 e. The van der Waals surface area contributed by atoms with Crippen LogP contribution in [0.25, 0.3) is 11.0 Å². The Morgan fingerprint density at radius 1 is 1.31 bits per heavy atom. The Kier molecular flexibility index (Phi) is 2.82. The third-order valence-corrected chi connectivity index (χ3v) is 2.96. The fraction of sp³-hybridized carbons (Fsp3) is 0.357. The Hall–Kier alpha value is -1.57. The minimum Gasteiger partial charge on any atom is -0.453 e. The average Bonchev–Trinajstić information content (AvgIpc) is 2.69. The van der Waals surface area contributed by atoms with E-state index in [0.717, 1.165) is 23.0 Å². The van der Waals surface area contributed by atoms with Crippen LogP contribution in [0.3, 0.4) is 0 Å². The van der Waals surface area contributed by atoms with Crippen molar-refractivity contribution in [3.05, 3.63) is 35.1 Å². The van der Waals surface area contributed by atoms with E-state index < -0.39 is 0 Å². The summed E-state index contributed by atoms with van der Waals surface area (Å²) in [5.74, 6) is 0.585. The average molecular weight is 216 g/mol. The quantitative estimate of drug-likeness (QED) is 0.725. The molecule has 0 aliphatic rings. The number of aryl methyl sites for hydroxylation is 2. The molecule has 1 aromatic carbocycles. The highest BCUT2D eigenvalue weighted by atomic mass is 16.3. The molecule has 2 rings (SSSR count). The van der Waals surface area contributed by atoms with Gasteiger partial charge in [-0.15, -0.1) is 0 Å². The van der Waals surface area contributed by atoms with Crippen molar-refractivity contribution in [3.63, 3.8) is 0 Å². The summed E-state index contributed by atoms with van der Waals surface area (Å²) in [6.45, 7) is 6.07. The van der Waals surface area contributed by atoms with Crippen LogP contribution in [0.15, 0.2) is 22.6 Å². The third-order valence-electron chi connectivity index (χ3n) is 2.96. The lowest BCUT2D eigenvalue weighted by atomic mass is 10.1. The number of hydrogen-bond donors (Lipinski definition) is 0. The van der Waals surface area contributed by atoms with Gasteiger partial charge in [0.25, 0.3) is 0 Å². The van der Waals surface area contributed by atoms with Gasteiger partial charge < -0.3 is 4.42 Å². The predicted octanol–water partition coefficient (Wildman–Crippen LogP) is 4.03. The summed E-state index contributed by atoms with van der Waals surface area (Å²) in [4.78, 5) is 11.7. The minimum atomic E-state index is 0.0933. The smallest absolute Gasteiger partial charge is 0.198 e. The lowest BCUT2D eigenvalue weighted by molar-refractivity contribution is 0.0957. The van der Waals surface area contributed by atoms with E-state index in [-0.39, 0.29) is 5.78 Å². The largest absolute Gasteiger partial charge is 0.453 e. The van der Waals surface area contributed by atoms with Crippen molar-refractivity contribution in [1.29, 1.82) is 0 Å². The van der Waals surface area contributed by atoms with Crippen molar-refractivity contribution < 1.29 is 9.21 Å². The summed E-state index contributed by atoms with van der Waals surface area (Å²) >= 11 is 0. The van der Waals surface area contributed by atoms with Crippen LogP contribution in [-0.2, 0) is 0 Å². The number of benzene rings is 1. The first-order valence-corrected chi connectivity index (χ1v) is 5.66. The van der Waals surface area contributed by atoms with Crippen molar-refractivity contribution in [2.24, 2.45) is 0 Å². The fourth-order valence-corrected chi connectivity index (χ4v) is 1.83. The van der Waals surface area contributed by atoms with Crippen LogP contribution in [0, 0.1) is 13.8 Å². The van der Waals surface area contributed by atoms with Gasteiger partial charge >= 0.3 is 0 Å². The standard InChI is InChI=1S/C14H16O2/c1-4-5-12(15)13-8-11-7-6-9(2)10(3)14(11)16-13/h6-8H,4-5H2,1-3H3. The van der Waals surface area contributed by atoms with Gasteiger partial charge in [-0.25, -0.2) is 0 Å². The minimum absolute atomic E-state index is 0.0933. The number of furan rings is 1. The normalized spacial score (nSPS) is 10.9. The van der Waals surface area contributed by atoms with E-state index >= 15 is 0 Å². The maximum absolute atomic E-state index is 11.7. The molecule has 0 aliphatic heterocycles. The highest BCUT2D eigenvalue weighted by molar-refractivity contribution is 5.98. The third kappa shape index (κ3) is 1.75. The van der Waals surface area contributed by atoms with Crippen LogP contribution in [0.5, 0.6) is 0 Å². The summed E-state index contributed by atoms with van der Waals surface area (Å²) in [5, 5.41) is 1.02. The van der Waals surface area contributed by atoms with E-state index in [2.05, 4.69) is 6.07 Å². The van der Waals surface area contributed by atoms with Gasteiger partial charge in [0.05, 0.1) is 0 Å². The fourth-order valence-electron chi connectivity index (χ4n) is 1.83. The first kappa shape index (κ1) is 10.9. The van der Waals surface area contributed by atoms with Crippen molar-refractivity contribution in [1.82, 2.24) is 0 Å². The summed E-state index contributed by atoms with van der Waals surface area (Å²) < 4.78 is 5.64. The Bertz CT molecular complexity index is 535. The first-order chi connectivity index (χ1) is 7.63. The molecule has 0 atom stereocenters. The van der Waals surface area contributed by atoms with Crippen LogP contribution in [-0.4, -0.2) is 5.78 Å². The number of ketones is 1. The van der Waals surface area contributed by atoms with Gasteiger partial charge in [-0.3, -0.25) is 4.79 Å². The Balaban J connectivity index is 2.52. The molecule has 0 saturated carbocycles. The van der Waals surface area contributed by atoms with Crippen molar-refractivity contribution in [2.45, 2.75) is 33.6 Å². The zero-order valence-electron chi connectivity index (χ0n) is 9.96. The van der Waals surface area contributed by atoms with E-state index in [1.165, 1.54) is 5.56 Å². The summed E-state index contributed by atoms with van der Waals surface area (Å²) in [6.07, 6.45) is 1.41. The topological polar surface area (TPSA) is 30.2 Å². The molecule has 16 heavy (non-hydrogen) atoms. The summed E-state index contributed by atoms with van der Waals surface area (Å²) in [7, 11) is 0. The second kappa shape index (κ2) is 4.12. The van der Waals surface area contributed by atoms with Gasteiger partial charge in [0.1, 0.15) is 5.58 Å². The van der Waals surface area contributed by atoms with Crippen LogP contribution >= 0.6 is 0 Å². The first-order valence-electron chi connectivity index (χ1n) is 5.66. The Morgan fingerprint density at radius 3 is 2.75 bits per heavy atom. The van der Waals surface area contributed by atoms with E-state index in [0.29, 0.717) is 12.2 Å². The molecule has 84 valence electrons. The second-order valence-corrected chi connectivity index (χ2v) is 4.21. The molecule has 0 amide bonds. The molecular weight excluding hydrogens is 200 g/mol. The molecule has 0 bridgehead atoms. The molecule has 0 spiro atoms. The zero-order chi connectivity index (χ0) is 11.7. The monoisotopic (exact) mass is 216 g/mol. The molecule has 0 N–H and O–H groups in total. The van der Waals surface area contributed by atoms with Gasteiger partial charge in [-0.05, 0) is 37.5 Å². The van der Waals surface area contributed by atoms with E-state index in [9.17, 15) is 4.79 Å². The molecule has 0 aliphatic carbocycles. The number of rotatable bonds is 3. The van der Waals surface area contributed by atoms with E-state index in [1.807, 2.05) is 32.9 Å². The van der Waals surface area contributed by atoms with Crippen LogP contribution in [0.2, 0.25) is 0 Å². The molecule has 0 saturated heterocycles. The van der Waals surface area contributed by atoms with Gasteiger partial charge in [-0.1, -0.05) is 19.1 Å². The van der Waals surface area contributed by atoms with Crippen molar-refractivity contribution in [2.75, 3.05) is 0 Å². The van der Waals surface area contributed by atoms with E-state index in [4.69, 9.17) is 4.42 Å². The lowest BCUT2D eigenvalue weighted by Crippen LogP contribution is -1.94. The Labute approximate surface area is 95.3 Å². The molecule has 1 heterocycles. The Morgan fingerprint density at radius 2 is 2.06 bits per heavy atom. The van der Waals surface area contributed by atoms with Crippen LogP contribution in [0.1, 0.15) is 41.4 Å². The number of Topliss-reactive ketones (excluding diaryl/α,β-unsaturated/α-hetero) is 1. The molecule has 0 fully saturated rings. The predicted molar refractivity (Wildman–Crippen MR) is 64.9 cm³/mol. The summed E-state index contributed by atoms with van der Waals surface area (Å²) in [5.41, 5.74) is 3.16. The van der Waals surface area contributed by atoms with Gasteiger partial charge in [0.15, 0.2) is 11.5 Å². The number of carbonyl (C=O) groups excluding carboxylic acids is 1. The molecule has 0 unspecified atom stereocenters. The van der Waals surface area contributed by atoms with E-state index in [1.54, 1.807) is 0 Å². The van der Waals surface area contributed by atoms with Crippen molar-refractivity contribution in [3.8, 4) is 0 Å². The van der Waals surface area contributed by atoms with Crippen LogP contribution in [0.4, 0.5) is 0 Å². The van der Waals surface area contributed by atoms with Crippen molar-refractivity contribution >= 4 is 16.8 Å². The molecule has 0 radical (unpaired) electrons. The maximum atomic E-state index is 11.7. The van der Waals surface area contributed by atoms with Gasteiger partial charge in [0, 0.05) is 11.8 Å². The molecule has 2 heteroatoms. The number of fused-ring (bicyclic) bond motifs is 1. The van der Waals surface area contributed by atoms with Gasteiger partial charge in [0.2, 0.25) is 0 Å². The second-order valence-electron chi connectivity index (χ2n) is 4.21. The number of carbonyl (C=O) groups is 1.